The second-order valence-corrected chi connectivity index (χ2v) is 2.66. The summed E-state index contributed by atoms with van der Waals surface area (Å²) in [6.45, 7) is 1.04. The maximum Gasteiger partial charge on any atom is 0.156 e. The molecule has 10 heavy (non-hydrogen) atoms. The molecule has 1 unspecified atom stereocenters. The summed E-state index contributed by atoms with van der Waals surface area (Å²) < 4.78 is 0. The van der Waals surface area contributed by atoms with E-state index in [4.69, 9.17) is 10.9 Å². The molecular weight excluding hydrogens is 130 g/mol. The number of oxime groups is 1. The molecule has 0 aliphatic carbocycles. The first-order valence-corrected chi connectivity index (χ1v) is 3.43. The van der Waals surface area contributed by atoms with E-state index >= 15 is 0 Å². The lowest BCUT2D eigenvalue weighted by Crippen LogP contribution is -2.37. The van der Waals surface area contributed by atoms with Crippen molar-refractivity contribution < 1.29 is 5.21 Å². The molecule has 0 aromatic carbocycles. The average molecular weight is 143 g/mol. The second-order valence-electron chi connectivity index (χ2n) is 2.66. The van der Waals surface area contributed by atoms with Gasteiger partial charge in [0.05, 0.1) is 6.04 Å². The van der Waals surface area contributed by atoms with Crippen molar-refractivity contribution in [2.45, 2.75) is 18.9 Å². The highest BCUT2D eigenvalue weighted by Crippen LogP contribution is 2.13. The topological polar surface area (TPSA) is 61.8 Å². The van der Waals surface area contributed by atoms with Gasteiger partial charge in [0.25, 0.3) is 0 Å². The molecule has 0 amide bonds. The molecular formula is C6H13N3O. The number of likely N-dealkylation sites (N-methyl/N-ethyl adjacent to an activating group) is 1. The zero-order valence-electron chi connectivity index (χ0n) is 6.12. The molecule has 0 aromatic rings. The van der Waals surface area contributed by atoms with Gasteiger partial charge in [0.15, 0.2) is 5.84 Å². The van der Waals surface area contributed by atoms with Crippen LogP contribution in [0.15, 0.2) is 5.16 Å². The molecule has 0 aromatic heterocycles. The summed E-state index contributed by atoms with van der Waals surface area (Å²) in [5, 5.41) is 11.3. The fourth-order valence-electron chi connectivity index (χ4n) is 1.35. The van der Waals surface area contributed by atoms with Gasteiger partial charge in [-0.15, -0.1) is 0 Å². The third kappa shape index (κ3) is 1.21. The van der Waals surface area contributed by atoms with E-state index < -0.39 is 0 Å². The van der Waals surface area contributed by atoms with E-state index in [-0.39, 0.29) is 6.04 Å². The van der Waals surface area contributed by atoms with Crippen molar-refractivity contribution in [2.75, 3.05) is 13.6 Å². The highest BCUT2D eigenvalue weighted by Gasteiger charge is 2.24. The highest BCUT2D eigenvalue weighted by atomic mass is 16.4. The van der Waals surface area contributed by atoms with Crippen LogP contribution in [0.4, 0.5) is 0 Å². The molecule has 1 heterocycles. The number of rotatable bonds is 1. The van der Waals surface area contributed by atoms with Gasteiger partial charge in [0.2, 0.25) is 0 Å². The quantitative estimate of drug-likeness (QED) is 0.232. The zero-order chi connectivity index (χ0) is 7.56. The first-order chi connectivity index (χ1) is 4.75. The van der Waals surface area contributed by atoms with Gasteiger partial charge in [-0.1, -0.05) is 5.16 Å². The third-order valence-corrected chi connectivity index (χ3v) is 1.98. The number of amidine groups is 1. The highest BCUT2D eigenvalue weighted by molar-refractivity contribution is 5.85. The molecule has 1 fully saturated rings. The van der Waals surface area contributed by atoms with Crippen molar-refractivity contribution in [3.8, 4) is 0 Å². The monoisotopic (exact) mass is 143 g/mol. The normalized spacial score (nSPS) is 29.3. The number of hydrogen-bond donors (Lipinski definition) is 2. The van der Waals surface area contributed by atoms with E-state index in [9.17, 15) is 0 Å². The Kier molecular flexibility index (Phi) is 2.11. The SMILES string of the molecule is CN1CCCC1/C(N)=N/O. The van der Waals surface area contributed by atoms with Crippen LogP contribution in [0, 0.1) is 0 Å². The Bertz CT molecular complexity index is 146. The molecule has 3 N–H and O–H groups in total. The Morgan fingerprint density at radius 3 is 2.90 bits per heavy atom. The van der Waals surface area contributed by atoms with Crippen molar-refractivity contribution in [2.24, 2.45) is 10.9 Å². The molecule has 1 atom stereocenters. The van der Waals surface area contributed by atoms with Gasteiger partial charge in [-0.2, -0.15) is 0 Å². The summed E-state index contributed by atoms with van der Waals surface area (Å²) in [6, 6.07) is 0.157. The third-order valence-electron chi connectivity index (χ3n) is 1.98. The first kappa shape index (κ1) is 7.34. The van der Waals surface area contributed by atoms with Crippen LogP contribution < -0.4 is 5.73 Å². The van der Waals surface area contributed by atoms with Gasteiger partial charge < -0.3 is 10.9 Å². The predicted octanol–water partition coefficient (Wildman–Crippen LogP) is -0.173. The van der Waals surface area contributed by atoms with Gasteiger partial charge in [-0.05, 0) is 26.4 Å². The van der Waals surface area contributed by atoms with Crippen molar-refractivity contribution in [3.05, 3.63) is 0 Å². The molecule has 4 nitrogen and oxygen atoms in total. The van der Waals surface area contributed by atoms with E-state index in [1.165, 1.54) is 0 Å². The minimum Gasteiger partial charge on any atom is -0.409 e. The van der Waals surface area contributed by atoms with Crippen LogP contribution in [0.25, 0.3) is 0 Å². The number of likely N-dealkylation sites (tertiary alicyclic amines) is 1. The zero-order valence-corrected chi connectivity index (χ0v) is 6.12. The largest absolute Gasteiger partial charge is 0.409 e. The summed E-state index contributed by atoms with van der Waals surface area (Å²) in [5.41, 5.74) is 5.43. The van der Waals surface area contributed by atoms with Gasteiger partial charge >= 0.3 is 0 Å². The van der Waals surface area contributed by atoms with Crippen molar-refractivity contribution in [3.63, 3.8) is 0 Å². The Labute approximate surface area is 60.3 Å². The minimum atomic E-state index is 0.157. The van der Waals surface area contributed by atoms with Crippen LogP contribution in [-0.4, -0.2) is 35.6 Å². The molecule has 0 saturated carbocycles. The van der Waals surface area contributed by atoms with E-state index in [2.05, 4.69) is 10.1 Å². The second kappa shape index (κ2) is 2.88. The van der Waals surface area contributed by atoms with E-state index in [0.29, 0.717) is 5.84 Å². The first-order valence-electron chi connectivity index (χ1n) is 3.43. The Morgan fingerprint density at radius 2 is 2.50 bits per heavy atom. The summed E-state index contributed by atoms with van der Waals surface area (Å²) >= 11 is 0. The number of hydrogen-bond acceptors (Lipinski definition) is 3. The van der Waals surface area contributed by atoms with Crippen LogP contribution >= 0.6 is 0 Å². The lowest BCUT2D eigenvalue weighted by Gasteiger charge is -2.16. The summed E-state index contributed by atoms with van der Waals surface area (Å²) in [7, 11) is 1.98. The molecule has 1 aliphatic rings. The number of nitrogens with zero attached hydrogens (tertiary/aromatic N) is 2. The lowest BCUT2D eigenvalue weighted by atomic mass is 10.2. The Morgan fingerprint density at radius 1 is 1.80 bits per heavy atom. The van der Waals surface area contributed by atoms with Crippen molar-refractivity contribution >= 4 is 5.84 Å². The molecule has 0 bridgehead atoms. The van der Waals surface area contributed by atoms with Crippen LogP contribution in [0.3, 0.4) is 0 Å². The summed E-state index contributed by atoms with van der Waals surface area (Å²) in [5.74, 6) is 0.333. The molecule has 0 radical (unpaired) electrons. The van der Waals surface area contributed by atoms with Crippen LogP contribution in [-0.2, 0) is 0 Å². The van der Waals surface area contributed by atoms with Gasteiger partial charge in [-0.3, -0.25) is 4.90 Å². The Hall–Kier alpha value is -0.770. The van der Waals surface area contributed by atoms with E-state index in [1.54, 1.807) is 0 Å². The van der Waals surface area contributed by atoms with E-state index in [1.807, 2.05) is 7.05 Å². The molecule has 4 heteroatoms. The van der Waals surface area contributed by atoms with Crippen molar-refractivity contribution in [1.82, 2.24) is 4.90 Å². The fourth-order valence-corrected chi connectivity index (χ4v) is 1.35. The lowest BCUT2D eigenvalue weighted by molar-refractivity contribution is 0.303. The summed E-state index contributed by atoms with van der Waals surface area (Å²) in [6.07, 6.45) is 2.14. The molecule has 1 rings (SSSR count). The van der Waals surface area contributed by atoms with Gasteiger partial charge in [-0.25, -0.2) is 0 Å². The molecule has 0 spiro atoms. The van der Waals surface area contributed by atoms with Crippen LogP contribution in [0.5, 0.6) is 0 Å². The van der Waals surface area contributed by atoms with Crippen LogP contribution in [0.2, 0.25) is 0 Å². The van der Waals surface area contributed by atoms with Crippen LogP contribution in [0.1, 0.15) is 12.8 Å². The fraction of sp³-hybridized carbons (Fsp3) is 0.833. The average Bonchev–Trinajstić information content (AvgIpc) is 2.34. The van der Waals surface area contributed by atoms with E-state index in [0.717, 1.165) is 19.4 Å². The van der Waals surface area contributed by atoms with Gasteiger partial charge in [0, 0.05) is 0 Å². The smallest absolute Gasteiger partial charge is 0.156 e. The standard InChI is InChI=1S/C6H13N3O/c1-9-4-2-3-5(9)6(7)8-10/h5,10H,2-4H2,1H3,(H2,7,8). The summed E-state index contributed by atoms with van der Waals surface area (Å²) in [4.78, 5) is 2.09. The minimum absolute atomic E-state index is 0.157. The van der Waals surface area contributed by atoms with Crippen molar-refractivity contribution in [1.29, 1.82) is 0 Å². The Balaban J connectivity index is 2.55. The van der Waals surface area contributed by atoms with Gasteiger partial charge in [0.1, 0.15) is 0 Å². The maximum absolute atomic E-state index is 8.35. The molecule has 1 aliphatic heterocycles. The predicted molar refractivity (Wildman–Crippen MR) is 39.1 cm³/mol. The number of nitrogens with two attached hydrogens (primary N) is 1. The molecule has 1 saturated heterocycles. The maximum atomic E-state index is 8.35. The molecule has 58 valence electrons.